The molecule has 6 nitrogen and oxygen atoms in total. The summed E-state index contributed by atoms with van der Waals surface area (Å²) < 4.78 is 30.6. The van der Waals surface area contributed by atoms with Crippen molar-refractivity contribution in [3.8, 4) is 5.75 Å². The molecule has 0 unspecified atom stereocenters. The summed E-state index contributed by atoms with van der Waals surface area (Å²) in [4.78, 5) is 11.9. The largest absolute Gasteiger partial charge is 0.497 e. The molecule has 1 aromatic rings. The van der Waals surface area contributed by atoms with E-state index in [1.54, 1.807) is 31.4 Å². The van der Waals surface area contributed by atoms with Crippen molar-refractivity contribution < 1.29 is 17.9 Å². The van der Waals surface area contributed by atoms with Crippen LogP contribution in [0.3, 0.4) is 0 Å². The van der Waals surface area contributed by atoms with E-state index in [2.05, 4.69) is 10.0 Å². The van der Waals surface area contributed by atoms with Crippen LogP contribution >= 0.6 is 0 Å². The lowest BCUT2D eigenvalue weighted by Crippen LogP contribution is -2.33. The molecule has 0 radical (unpaired) electrons. The molecule has 1 amide bonds. The fourth-order valence-electron chi connectivity index (χ4n) is 1.98. The molecule has 0 aliphatic heterocycles. The van der Waals surface area contributed by atoms with E-state index < -0.39 is 16.1 Å². The van der Waals surface area contributed by atoms with E-state index in [-0.39, 0.29) is 12.3 Å². The molecule has 124 valence electrons. The Hall–Kier alpha value is -1.60. The number of hydrogen-bond donors (Lipinski definition) is 2. The van der Waals surface area contributed by atoms with Gasteiger partial charge in [-0.1, -0.05) is 25.5 Å². The molecule has 0 bridgehead atoms. The minimum atomic E-state index is -3.42. The van der Waals surface area contributed by atoms with Gasteiger partial charge in [-0.25, -0.2) is 13.1 Å². The third-order valence-electron chi connectivity index (χ3n) is 3.12. The van der Waals surface area contributed by atoms with E-state index in [0.717, 1.165) is 24.7 Å². The first kappa shape index (κ1) is 18.4. The minimum absolute atomic E-state index is 0.0586. The van der Waals surface area contributed by atoms with E-state index in [9.17, 15) is 13.2 Å². The lowest BCUT2D eigenvalue weighted by atomic mass is 10.0. The first-order valence-corrected chi connectivity index (χ1v) is 9.12. The summed E-state index contributed by atoms with van der Waals surface area (Å²) >= 11 is 0. The number of benzene rings is 1. The molecule has 1 rings (SSSR count). The number of sulfonamides is 1. The molecule has 0 aliphatic rings. The number of carbonyl (C=O) groups is 1. The van der Waals surface area contributed by atoms with Gasteiger partial charge in [0.25, 0.3) is 0 Å². The summed E-state index contributed by atoms with van der Waals surface area (Å²) in [6, 6.07) is 6.38. The molecule has 0 aliphatic carbocycles. The molecular weight excluding hydrogens is 304 g/mol. The Kier molecular flexibility index (Phi) is 7.34. The molecule has 1 aromatic carbocycles. The van der Waals surface area contributed by atoms with Gasteiger partial charge < -0.3 is 10.1 Å². The van der Waals surface area contributed by atoms with Crippen LogP contribution in [0.15, 0.2) is 24.3 Å². The molecule has 7 heteroatoms. The predicted octanol–water partition coefficient (Wildman–Crippen LogP) is 1.59. The van der Waals surface area contributed by atoms with Crippen molar-refractivity contribution in [2.75, 3.05) is 19.9 Å². The van der Waals surface area contributed by atoms with E-state index in [1.165, 1.54) is 0 Å². The van der Waals surface area contributed by atoms with Gasteiger partial charge in [-0.3, -0.25) is 4.79 Å². The number of carbonyl (C=O) groups excluding carboxylic acids is 1. The zero-order chi connectivity index (χ0) is 16.6. The Morgan fingerprint density at radius 1 is 1.27 bits per heavy atom. The van der Waals surface area contributed by atoms with Gasteiger partial charge in [-0.2, -0.15) is 0 Å². The number of hydrogen-bond acceptors (Lipinski definition) is 4. The zero-order valence-electron chi connectivity index (χ0n) is 13.3. The van der Waals surface area contributed by atoms with Gasteiger partial charge in [0.05, 0.1) is 19.4 Å². The highest BCUT2D eigenvalue weighted by Gasteiger charge is 2.19. The molecule has 22 heavy (non-hydrogen) atoms. The van der Waals surface area contributed by atoms with Crippen LogP contribution in [-0.4, -0.2) is 34.2 Å². The predicted molar refractivity (Wildman–Crippen MR) is 86.2 cm³/mol. The highest BCUT2D eigenvalue weighted by Crippen LogP contribution is 2.21. The summed E-state index contributed by atoms with van der Waals surface area (Å²) in [6.07, 6.45) is 3.03. The number of rotatable bonds is 9. The Labute approximate surface area is 132 Å². The lowest BCUT2D eigenvalue weighted by molar-refractivity contribution is -0.121. The monoisotopic (exact) mass is 328 g/mol. The van der Waals surface area contributed by atoms with Gasteiger partial charge >= 0.3 is 0 Å². The highest BCUT2D eigenvalue weighted by atomic mass is 32.2. The van der Waals surface area contributed by atoms with E-state index in [1.807, 2.05) is 6.92 Å². The summed E-state index contributed by atoms with van der Waals surface area (Å²) in [6.45, 7) is 2.64. The van der Waals surface area contributed by atoms with Gasteiger partial charge in [0.15, 0.2) is 0 Å². The number of ether oxygens (including phenoxy) is 1. The first-order chi connectivity index (χ1) is 10.4. The van der Waals surface area contributed by atoms with Gasteiger partial charge in [0.2, 0.25) is 15.9 Å². The summed E-state index contributed by atoms with van der Waals surface area (Å²) in [7, 11) is -1.86. The number of unbranched alkanes of at least 4 members (excludes halogenated alkanes) is 1. The van der Waals surface area contributed by atoms with Gasteiger partial charge in [0.1, 0.15) is 5.75 Å². The minimum Gasteiger partial charge on any atom is -0.497 e. The summed E-state index contributed by atoms with van der Waals surface area (Å²) in [5.74, 6) is 0.500. The molecule has 0 heterocycles. The standard InChI is InChI=1S/C15H24N2O4S/c1-4-5-10-16-15(18)11-14(17-22(3,19)20)12-6-8-13(21-2)9-7-12/h6-9,14,17H,4-5,10-11H2,1-3H3,(H,16,18)/t14-/m1/s1. The second-order valence-corrected chi connectivity index (χ2v) is 6.90. The second-order valence-electron chi connectivity index (χ2n) is 5.12. The fourth-order valence-corrected chi connectivity index (χ4v) is 2.72. The lowest BCUT2D eigenvalue weighted by Gasteiger charge is -2.18. The number of amides is 1. The van der Waals surface area contributed by atoms with Crippen molar-refractivity contribution in [3.05, 3.63) is 29.8 Å². The molecule has 0 aromatic heterocycles. The van der Waals surface area contributed by atoms with Gasteiger partial charge in [-0.15, -0.1) is 0 Å². The summed E-state index contributed by atoms with van der Waals surface area (Å²) in [5.41, 5.74) is 0.719. The van der Waals surface area contributed by atoms with Crippen molar-refractivity contribution in [3.63, 3.8) is 0 Å². The average molecular weight is 328 g/mol. The van der Waals surface area contributed by atoms with Crippen molar-refractivity contribution >= 4 is 15.9 Å². The molecule has 1 atom stereocenters. The van der Waals surface area contributed by atoms with Gasteiger partial charge in [0, 0.05) is 13.0 Å². The van der Waals surface area contributed by atoms with Crippen LogP contribution in [0, 0.1) is 0 Å². The number of nitrogens with one attached hydrogen (secondary N) is 2. The SMILES string of the molecule is CCCCNC(=O)C[C@@H](NS(C)(=O)=O)c1ccc(OC)cc1. The van der Waals surface area contributed by atoms with Crippen LogP contribution in [0.2, 0.25) is 0 Å². The third-order valence-corrected chi connectivity index (χ3v) is 3.83. The Balaban J connectivity index is 2.81. The van der Waals surface area contributed by atoms with Crippen molar-refractivity contribution in [2.24, 2.45) is 0 Å². The van der Waals surface area contributed by atoms with Crippen LogP contribution in [0.5, 0.6) is 5.75 Å². The van der Waals surface area contributed by atoms with E-state index >= 15 is 0 Å². The molecule has 0 saturated heterocycles. The first-order valence-electron chi connectivity index (χ1n) is 7.23. The topological polar surface area (TPSA) is 84.5 Å². The normalized spacial score (nSPS) is 12.7. The molecule has 0 spiro atoms. The highest BCUT2D eigenvalue weighted by molar-refractivity contribution is 7.88. The summed E-state index contributed by atoms with van der Waals surface area (Å²) in [5, 5.41) is 2.79. The van der Waals surface area contributed by atoms with Gasteiger partial charge in [-0.05, 0) is 24.1 Å². The zero-order valence-corrected chi connectivity index (χ0v) is 14.1. The quantitative estimate of drug-likeness (QED) is 0.674. The molecular formula is C15H24N2O4S. The maximum absolute atomic E-state index is 11.9. The molecule has 0 saturated carbocycles. The van der Waals surface area contributed by atoms with Crippen LogP contribution in [0.1, 0.15) is 37.8 Å². The van der Waals surface area contributed by atoms with Crippen molar-refractivity contribution in [1.82, 2.24) is 10.0 Å². The number of methoxy groups -OCH3 is 1. The van der Waals surface area contributed by atoms with Crippen LogP contribution in [0.4, 0.5) is 0 Å². The van der Waals surface area contributed by atoms with Crippen molar-refractivity contribution in [2.45, 2.75) is 32.2 Å². The fraction of sp³-hybridized carbons (Fsp3) is 0.533. The average Bonchev–Trinajstić information content (AvgIpc) is 2.45. The van der Waals surface area contributed by atoms with E-state index in [4.69, 9.17) is 4.74 Å². The van der Waals surface area contributed by atoms with Crippen LogP contribution in [0.25, 0.3) is 0 Å². The smallest absolute Gasteiger partial charge is 0.221 e. The maximum Gasteiger partial charge on any atom is 0.221 e. The Bertz CT molecular complexity index is 570. The van der Waals surface area contributed by atoms with E-state index in [0.29, 0.717) is 12.3 Å². The van der Waals surface area contributed by atoms with Crippen LogP contribution in [-0.2, 0) is 14.8 Å². The third kappa shape index (κ3) is 6.91. The molecule has 2 N–H and O–H groups in total. The Morgan fingerprint density at radius 2 is 1.91 bits per heavy atom. The van der Waals surface area contributed by atoms with Crippen LogP contribution < -0.4 is 14.8 Å². The molecule has 0 fully saturated rings. The Morgan fingerprint density at radius 3 is 2.41 bits per heavy atom. The maximum atomic E-state index is 11.9. The second kappa shape index (κ2) is 8.75. The van der Waals surface area contributed by atoms with Crippen molar-refractivity contribution in [1.29, 1.82) is 0 Å².